The van der Waals surface area contributed by atoms with Gasteiger partial charge in [-0.1, -0.05) is 0 Å². The van der Waals surface area contributed by atoms with Crippen LogP contribution in [0.25, 0.3) is 0 Å². The van der Waals surface area contributed by atoms with Crippen LogP contribution < -0.4 is 0 Å². The van der Waals surface area contributed by atoms with Crippen LogP contribution in [0.2, 0.25) is 0 Å². The summed E-state index contributed by atoms with van der Waals surface area (Å²) in [6.07, 6.45) is 3.97. The number of nitrogens with zero attached hydrogens (tertiary/aromatic N) is 2. The van der Waals surface area contributed by atoms with Gasteiger partial charge in [0.1, 0.15) is 5.82 Å². The summed E-state index contributed by atoms with van der Waals surface area (Å²) in [7, 11) is 2.02. The lowest BCUT2D eigenvalue weighted by Crippen LogP contribution is -2.35. The Bertz CT molecular complexity index is 325. The van der Waals surface area contributed by atoms with Gasteiger partial charge in [-0.25, -0.2) is 4.39 Å². The number of pyridine rings is 1. The number of fused-ring (bicyclic) bond motifs is 1. The van der Waals surface area contributed by atoms with Gasteiger partial charge in [0.05, 0.1) is 6.20 Å². The molecule has 0 fully saturated rings. The van der Waals surface area contributed by atoms with Crippen LogP contribution in [-0.4, -0.2) is 23.0 Å². The maximum atomic E-state index is 13.3. The molecule has 0 saturated carbocycles. The molecule has 1 aromatic heterocycles. The second-order valence-corrected chi connectivity index (χ2v) is 3.73. The molecule has 2 heterocycles. The molecule has 0 amide bonds. The quantitative estimate of drug-likeness (QED) is 0.603. The molecule has 0 aliphatic carbocycles. The summed E-state index contributed by atoms with van der Waals surface area (Å²) in [5.41, 5.74) is 1.88. The van der Waals surface area contributed by atoms with E-state index in [2.05, 4.69) is 16.8 Å². The van der Waals surface area contributed by atoms with Crippen LogP contribution in [0.3, 0.4) is 0 Å². The largest absolute Gasteiger partial charge is 0.299 e. The zero-order valence-electron chi connectivity index (χ0n) is 7.92. The van der Waals surface area contributed by atoms with Gasteiger partial charge in [0.2, 0.25) is 0 Å². The molecule has 0 N–H and O–H groups in total. The Morgan fingerprint density at radius 2 is 2.31 bits per heavy atom. The van der Waals surface area contributed by atoms with Crippen molar-refractivity contribution >= 4 is 0 Å². The topological polar surface area (TPSA) is 16.1 Å². The van der Waals surface area contributed by atoms with Crippen LogP contribution in [0.5, 0.6) is 0 Å². The van der Waals surface area contributed by atoms with E-state index in [1.807, 2.05) is 7.05 Å². The molecule has 2 rings (SSSR count). The van der Waals surface area contributed by atoms with Crippen molar-refractivity contribution < 1.29 is 4.39 Å². The monoisotopic (exact) mass is 180 g/mol. The summed E-state index contributed by atoms with van der Waals surface area (Å²) in [5.74, 6) is -0.170. The normalized spacial score (nSPS) is 22.8. The Hall–Kier alpha value is -0.960. The second-order valence-electron chi connectivity index (χ2n) is 3.73. The Labute approximate surface area is 77.4 Å². The SMILES string of the molecule is C[C@H]1Cc2cncc(F)c2CN1C. The molecular weight excluding hydrogens is 167 g/mol. The van der Waals surface area contributed by atoms with Crippen molar-refractivity contribution in [2.24, 2.45) is 0 Å². The molecule has 0 unspecified atom stereocenters. The first-order valence-electron chi connectivity index (χ1n) is 4.50. The first-order chi connectivity index (χ1) is 6.18. The summed E-state index contributed by atoms with van der Waals surface area (Å²) in [5, 5.41) is 0. The van der Waals surface area contributed by atoms with Gasteiger partial charge in [-0.15, -0.1) is 0 Å². The number of hydrogen-bond acceptors (Lipinski definition) is 2. The summed E-state index contributed by atoms with van der Waals surface area (Å²) >= 11 is 0. The second kappa shape index (κ2) is 3.07. The molecule has 0 spiro atoms. The number of aromatic nitrogens is 1. The van der Waals surface area contributed by atoms with Gasteiger partial charge in [0.15, 0.2) is 0 Å². The van der Waals surface area contributed by atoms with Crippen LogP contribution in [0.1, 0.15) is 18.1 Å². The van der Waals surface area contributed by atoms with Gasteiger partial charge in [-0.05, 0) is 26.0 Å². The van der Waals surface area contributed by atoms with Gasteiger partial charge >= 0.3 is 0 Å². The van der Waals surface area contributed by atoms with E-state index in [0.29, 0.717) is 12.6 Å². The number of hydrogen-bond donors (Lipinski definition) is 0. The molecule has 0 aromatic carbocycles. The molecular formula is C10H13FN2. The van der Waals surface area contributed by atoms with Gasteiger partial charge < -0.3 is 0 Å². The minimum Gasteiger partial charge on any atom is -0.299 e. The molecule has 1 aliphatic heterocycles. The third kappa shape index (κ3) is 1.44. The zero-order chi connectivity index (χ0) is 9.42. The molecule has 1 aliphatic rings. The maximum Gasteiger partial charge on any atom is 0.146 e. The smallest absolute Gasteiger partial charge is 0.146 e. The molecule has 0 saturated heterocycles. The third-order valence-electron chi connectivity index (χ3n) is 2.77. The van der Waals surface area contributed by atoms with E-state index < -0.39 is 0 Å². The van der Waals surface area contributed by atoms with Crippen LogP contribution in [0.4, 0.5) is 4.39 Å². The summed E-state index contributed by atoms with van der Waals surface area (Å²) in [6.45, 7) is 2.85. The first kappa shape index (κ1) is 8.63. The molecule has 3 heteroatoms. The highest BCUT2D eigenvalue weighted by Crippen LogP contribution is 2.22. The molecule has 0 radical (unpaired) electrons. The number of likely N-dealkylation sites (N-methyl/N-ethyl adjacent to an activating group) is 1. The van der Waals surface area contributed by atoms with Crippen molar-refractivity contribution in [2.75, 3.05) is 7.05 Å². The Morgan fingerprint density at radius 3 is 3.08 bits per heavy atom. The number of halogens is 1. The van der Waals surface area contributed by atoms with Gasteiger partial charge in [0.25, 0.3) is 0 Å². The highest BCUT2D eigenvalue weighted by Gasteiger charge is 2.22. The Balaban J connectivity index is 2.42. The fourth-order valence-corrected chi connectivity index (χ4v) is 1.73. The molecule has 1 atom stereocenters. The fourth-order valence-electron chi connectivity index (χ4n) is 1.73. The zero-order valence-corrected chi connectivity index (χ0v) is 7.92. The van der Waals surface area contributed by atoms with Crippen molar-refractivity contribution in [3.63, 3.8) is 0 Å². The van der Waals surface area contributed by atoms with Gasteiger partial charge in [-0.2, -0.15) is 0 Å². The minimum atomic E-state index is -0.170. The summed E-state index contributed by atoms with van der Waals surface area (Å²) < 4.78 is 13.3. The highest BCUT2D eigenvalue weighted by molar-refractivity contribution is 5.27. The summed E-state index contributed by atoms with van der Waals surface area (Å²) in [4.78, 5) is 6.02. The van der Waals surface area contributed by atoms with E-state index in [1.165, 1.54) is 6.20 Å². The molecule has 0 bridgehead atoms. The lowest BCUT2D eigenvalue weighted by molar-refractivity contribution is 0.226. The van der Waals surface area contributed by atoms with Crippen LogP contribution in [-0.2, 0) is 13.0 Å². The van der Waals surface area contributed by atoms with Gasteiger partial charge in [0, 0.05) is 24.3 Å². The lowest BCUT2D eigenvalue weighted by atomic mass is 9.97. The number of rotatable bonds is 0. The van der Waals surface area contributed by atoms with E-state index in [-0.39, 0.29) is 5.82 Å². The van der Waals surface area contributed by atoms with Crippen molar-refractivity contribution in [1.82, 2.24) is 9.88 Å². The Morgan fingerprint density at radius 1 is 1.54 bits per heavy atom. The maximum absolute atomic E-state index is 13.3. The highest BCUT2D eigenvalue weighted by atomic mass is 19.1. The predicted octanol–water partition coefficient (Wildman–Crippen LogP) is 1.60. The van der Waals surface area contributed by atoms with E-state index in [0.717, 1.165) is 17.5 Å². The minimum absolute atomic E-state index is 0.170. The van der Waals surface area contributed by atoms with Crippen LogP contribution in [0, 0.1) is 5.82 Å². The van der Waals surface area contributed by atoms with Crippen LogP contribution in [0.15, 0.2) is 12.4 Å². The lowest BCUT2D eigenvalue weighted by Gasteiger charge is -2.31. The van der Waals surface area contributed by atoms with Crippen molar-refractivity contribution in [1.29, 1.82) is 0 Å². The molecule has 1 aromatic rings. The van der Waals surface area contributed by atoms with Crippen molar-refractivity contribution in [3.8, 4) is 0 Å². The first-order valence-corrected chi connectivity index (χ1v) is 4.50. The van der Waals surface area contributed by atoms with E-state index >= 15 is 0 Å². The average Bonchev–Trinajstić information content (AvgIpc) is 2.09. The van der Waals surface area contributed by atoms with Gasteiger partial charge in [-0.3, -0.25) is 9.88 Å². The summed E-state index contributed by atoms with van der Waals surface area (Å²) in [6, 6.07) is 0.482. The Kier molecular flexibility index (Phi) is 2.04. The standard InChI is InChI=1S/C10H13FN2/c1-7-3-8-4-12-5-10(11)9(8)6-13(7)2/h4-5,7H,3,6H2,1-2H3/t7-/m0/s1. The average molecular weight is 180 g/mol. The fraction of sp³-hybridized carbons (Fsp3) is 0.500. The van der Waals surface area contributed by atoms with E-state index in [1.54, 1.807) is 6.20 Å². The van der Waals surface area contributed by atoms with Crippen LogP contribution >= 0.6 is 0 Å². The van der Waals surface area contributed by atoms with E-state index in [4.69, 9.17) is 0 Å². The van der Waals surface area contributed by atoms with Crippen molar-refractivity contribution in [2.45, 2.75) is 25.9 Å². The molecule has 70 valence electrons. The van der Waals surface area contributed by atoms with E-state index in [9.17, 15) is 4.39 Å². The molecule has 2 nitrogen and oxygen atoms in total. The third-order valence-corrected chi connectivity index (χ3v) is 2.77. The predicted molar refractivity (Wildman–Crippen MR) is 48.8 cm³/mol. The van der Waals surface area contributed by atoms with Crippen molar-refractivity contribution in [3.05, 3.63) is 29.3 Å². The molecule has 13 heavy (non-hydrogen) atoms.